The summed E-state index contributed by atoms with van der Waals surface area (Å²) < 4.78 is 5.07. The van der Waals surface area contributed by atoms with Crippen LogP contribution in [-0.2, 0) is 27.4 Å². The molecule has 0 aliphatic rings. The third-order valence-electron chi connectivity index (χ3n) is 4.36. The number of carbonyl (C=O) groups excluding carboxylic acids is 2. The number of methoxy groups -OCH3 is 1. The van der Waals surface area contributed by atoms with Crippen molar-refractivity contribution < 1.29 is 14.3 Å². The Kier molecular flexibility index (Phi) is 8.02. The molecule has 6 nitrogen and oxygen atoms in total. The van der Waals surface area contributed by atoms with Gasteiger partial charge in [0.05, 0.1) is 0 Å². The first kappa shape index (κ1) is 21.4. The second-order valence-electron chi connectivity index (χ2n) is 6.81. The van der Waals surface area contributed by atoms with Gasteiger partial charge in [-0.2, -0.15) is 0 Å². The molecule has 0 fully saturated rings. The molecule has 2 aromatic rings. The van der Waals surface area contributed by atoms with Crippen LogP contribution in [0.3, 0.4) is 0 Å². The number of nitrogens with zero attached hydrogens (tertiary/aromatic N) is 2. The van der Waals surface area contributed by atoms with Gasteiger partial charge in [0.1, 0.15) is 6.61 Å². The van der Waals surface area contributed by atoms with E-state index in [0.29, 0.717) is 19.5 Å². The summed E-state index contributed by atoms with van der Waals surface area (Å²) in [6, 6.07) is 15.6. The number of ether oxygens (including phenoxy) is 1. The summed E-state index contributed by atoms with van der Waals surface area (Å²) in [4.78, 5) is 28.2. The van der Waals surface area contributed by atoms with Crippen LogP contribution in [0.4, 0.5) is 11.4 Å². The van der Waals surface area contributed by atoms with E-state index in [4.69, 9.17) is 4.74 Å². The van der Waals surface area contributed by atoms with Crippen LogP contribution in [0.1, 0.15) is 24.5 Å². The van der Waals surface area contributed by atoms with E-state index in [1.807, 2.05) is 74.4 Å². The second kappa shape index (κ2) is 10.5. The Morgan fingerprint density at radius 3 is 2.36 bits per heavy atom. The highest BCUT2D eigenvalue weighted by atomic mass is 16.5. The Hall–Kier alpha value is -2.86. The lowest BCUT2D eigenvalue weighted by molar-refractivity contribution is -0.136. The number of amides is 2. The summed E-state index contributed by atoms with van der Waals surface area (Å²) in [6.07, 6.45) is 0.414. The molecule has 0 spiro atoms. The van der Waals surface area contributed by atoms with Gasteiger partial charge in [0.25, 0.3) is 0 Å². The zero-order valence-corrected chi connectivity index (χ0v) is 17.1. The normalized spacial score (nSPS) is 10.4. The van der Waals surface area contributed by atoms with Gasteiger partial charge in [-0.25, -0.2) is 0 Å². The summed E-state index contributed by atoms with van der Waals surface area (Å²) in [7, 11) is 5.44. The molecule has 0 aromatic heterocycles. The minimum Gasteiger partial charge on any atom is -0.377 e. The van der Waals surface area contributed by atoms with E-state index < -0.39 is 0 Å². The molecule has 0 atom stereocenters. The molecule has 2 amide bonds. The summed E-state index contributed by atoms with van der Waals surface area (Å²) in [5, 5.41) is 2.89. The maximum absolute atomic E-state index is 12.7. The first-order valence-electron chi connectivity index (χ1n) is 9.35. The van der Waals surface area contributed by atoms with Crippen molar-refractivity contribution in [3.05, 3.63) is 59.7 Å². The highest BCUT2D eigenvalue weighted by Gasteiger charge is 2.17. The van der Waals surface area contributed by atoms with E-state index in [0.717, 1.165) is 22.5 Å². The molecule has 0 radical (unpaired) electrons. The van der Waals surface area contributed by atoms with Crippen LogP contribution in [0.2, 0.25) is 0 Å². The van der Waals surface area contributed by atoms with E-state index in [-0.39, 0.29) is 18.4 Å². The van der Waals surface area contributed by atoms with Crippen molar-refractivity contribution in [1.29, 1.82) is 0 Å². The highest BCUT2D eigenvalue weighted by molar-refractivity contribution is 5.91. The molecule has 0 heterocycles. The Bertz CT molecular complexity index is 791. The zero-order valence-electron chi connectivity index (χ0n) is 17.1. The van der Waals surface area contributed by atoms with E-state index in [1.165, 1.54) is 7.11 Å². The maximum atomic E-state index is 12.7. The SMILES string of the molecule is CCC(=O)Nc1ccc(N(C)C)c(CN(Cc2ccccc2)C(=O)COC)c1. The van der Waals surface area contributed by atoms with Gasteiger partial charge in [0.2, 0.25) is 11.8 Å². The average Bonchev–Trinajstić information content (AvgIpc) is 2.68. The molecule has 0 bridgehead atoms. The number of benzene rings is 2. The highest BCUT2D eigenvalue weighted by Crippen LogP contribution is 2.25. The standard InChI is InChI=1S/C22H29N3O3/c1-5-21(26)23-19-11-12-20(24(2)3)18(13-19)15-25(22(27)16-28-4)14-17-9-7-6-8-10-17/h6-13H,5,14-16H2,1-4H3,(H,23,26). The van der Waals surface area contributed by atoms with Crippen molar-refractivity contribution >= 4 is 23.2 Å². The molecule has 2 rings (SSSR count). The van der Waals surface area contributed by atoms with Gasteiger partial charge in [-0.3, -0.25) is 9.59 Å². The summed E-state index contributed by atoms with van der Waals surface area (Å²) in [6.45, 7) is 2.74. The molecular weight excluding hydrogens is 354 g/mol. The van der Waals surface area contributed by atoms with Crippen LogP contribution in [-0.4, -0.2) is 44.5 Å². The lowest BCUT2D eigenvalue weighted by Gasteiger charge is -2.26. The second-order valence-corrected chi connectivity index (χ2v) is 6.81. The van der Waals surface area contributed by atoms with Gasteiger partial charge in [-0.05, 0) is 29.3 Å². The van der Waals surface area contributed by atoms with E-state index in [2.05, 4.69) is 5.32 Å². The molecule has 150 valence electrons. The number of anilines is 2. The van der Waals surface area contributed by atoms with Crippen LogP contribution < -0.4 is 10.2 Å². The maximum Gasteiger partial charge on any atom is 0.249 e. The van der Waals surface area contributed by atoms with E-state index in [9.17, 15) is 9.59 Å². The van der Waals surface area contributed by atoms with Crippen LogP contribution in [0.5, 0.6) is 0 Å². The lowest BCUT2D eigenvalue weighted by atomic mass is 10.1. The van der Waals surface area contributed by atoms with Gasteiger partial charge in [-0.15, -0.1) is 0 Å². The van der Waals surface area contributed by atoms with Gasteiger partial charge in [0.15, 0.2) is 0 Å². The Morgan fingerprint density at radius 2 is 1.75 bits per heavy atom. The molecule has 28 heavy (non-hydrogen) atoms. The largest absolute Gasteiger partial charge is 0.377 e. The molecule has 0 aliphatic carbocycles. The van der Waals surface area contributed by atoms with Gasteiger partial charge in [0, 0.05) is 52.1 Å². The van der Waals surface area contributed by atoms with Crippen LogP contribution >= 0.6 is 0 Å². The third-order valence-corrected chi connectivity index (χ3v) is 4.36. The minimum atomic E-state index is -0.0842. The van der Waals surface area contributed by atoms with Crippen LogP contribution in [0.15, 0.2) is 48.5 Å². The number of rotatable bonds is 9. The molecule has 1 N–H and O–H groups in total. The molecule has 0 saturated heterocycles. The van der Waals surface area contributed by atoms with Gasteiger partial charge < -0.3 is 19.9 Å². The summed E-state index contributed by atoms with van der Waals surface area (Å²) >= 11 is 0. The average molecular weight is 383 g/mol. The first-order chi connectivity index (χ1) is 13.4. The third kappa shape index (κ3) is 6.09. The monoisotopic (exact) mass is 383 g/mol. The van der Waals surface area contributed by atoms with Crippen molar-refractivity contribution in [2.75, 3.05) is 38.0 Å². The van der Waals surface area contributed by atoms with E-state index >= 15 is 0 Å². The van der Waals surface area contributed by atoms with Crippen molar-refractivity contribution in [2.45, 2.75) is 26.4 Å². The Labute approximate surface area is 167 Å². The topological polar surface area (TPSA) is 61.9 Å². The fourth-order valence-electron chi connectivity index (χ4n) is 2.93. The fraction of sp³-hybridized carbons (Fsp3) is 0.364. The number of nitrogens with one attached hydrogen (secondary N) is 1. The number of hydrogen-bond acceptors (Lipinski definition) is 4. The van der Waals surface area contributed by atoms with Crippen molar-refractivity contribution in [1.82, 2.24) is 4.90 Å². The van der Waals surface area contributed by atoms with Crippen molar-refractivity contribution in [3.8, 4) is 0 Å². The minimum absolute atomic E-state index is 0.0242. The van der Waals surface area contributed by atoms with Gasteiger partial charge >= 0.3 is 0 Å². The van der Waals surface area contributed by atoms with Crippen LogP contribution in [0.25, 0.3) is 0 Å². The molecular formula is C22H29N3O3. The molecule has 0 unspecified atom stereocenters. The molecule has 6 heteroatoms. The molecule has 0 saturated carbocycles. The summed E-state index contributed by atoms with van der Waals surface area (Å²) in [5.41, 5.74) is 3.73. The van der Waals surface area contributed by atoms with Gasteiger partial charge in [-0.1, -0.05) is 37.3 Å². The quantitative estimate of drug-likeness (QED) is 0.722. The number of carbonyl (C=O) groups is 2. The molecule has 2 aromatic carbocycles. The smallest absolute Gasteiger partial charge is 0.249 e. The predicted molar refractivity (Wildman–Crippen MR) is 112 cm³/mol. The molecule has 0 aliphatic heterocycles. The fourth-order valence-corrected chi connectivity index (χ4v) is 2.93. The predicted octanol–water partition coefficient (Wildman–Crippen LogP) is 3.28. The first-order valence-corrected chi connectivity index (χ1v) is 9.35. The Balaban J connectivity index is 2.32. The van der Waals surface area contributed by atoms with Crippen molar-refractivity contribution in [3.63, 3.8) is 0 Å². The van der Waals surface area contributed by atoms with E-state index in [1.54, 1.807) is 4.90 Å². The lowest BCUT2D eigenvalue weighted by Crippen LogP contribution is -2.33. The summed E-state index contributed by atoms with van der Waals surface area (Å²) in [5.74, 6) is -0.126. The van der Waals surface area contributed by atoms with Crippen molar-refractivity contribution in [2.24, 2.45) is 0 Å². The van der Waals surface area contributed by atoms with Crippen LogP contribution in [0, 0.1) is 0 Å². The Morgan fingerprint density at radius 1 is 1.04 bits per heavy atom. The number of hydrogen-bond donors (Lipinski definition) is 1. The zero-order chi connectivity index (χ0) is 20.5.